The maximum Gasteiger partial charge on any atom is 0.305 e. The highest BCUT2D eigenvalue weighted by Gasteiger charge is 2.32. The van der Waals surface area contributed by atoms with E-state index in [1.807, 2.05) is 20.9 Å². The molecule has 0 fully saturated rings. The van der Waals surface area contributed by atoms with Crippen molar-refractivity contribution in [2.45, 2.75) is 45.6 Å². The molecular weight excluding hydrogens is 286 g/mol. The number of nitrogens with one attached hydrogen (secondary N) is 1. The fourth-order valence-electron chi connectivity index (χ4n) is 2.74. The summed E-state index contributed by atoms with van der Waals surface area (Å²) in [4.78, 5) is 23.5. The molecule has 2 N–H and O–H groups in total. The summed E-state index contributed by atoms with van der Waals surface area (Å²) in [5.74, 6) is -1.64. The summed E-state index contributed by atoms with van der Waals surface area (Å²) < 4.78 is 6.79. The van der Waals surface area contributed by atoms with Gasteiger partial charge in [-0.3, -0.25) is 14.3 Å². The molecule has 0 aliphatic rings. The standard InChI is InChI=1S/C15H25N3O4/c1-9(13-10(2)17-18(5)11(13)3)14(21)16-15(4,8-22-6)7-12(19)20/h9H,7-8H2,1-6H3,(H,16,21)(H,19,20). The van der Waals surface area contributed by atoms with Crippen molar-refractivity contribution in [2.24, 2.45) is 7.05 Å². The fraction of sp³-hybridized carbons (Fsp3) is 0.667. The highest BCUT2D eigenvalue weighted by molar-refractivity contribution is 5.85. The van der Waals surface area contributed by atoms with Crippen LogP contribution in [0.3, 0.4) is 0 Å². The molecule has 2 atom stereocenters. The summed E-state index contributed by atoms with van der Waals surface area (Å²) >= 11 is 0. The van der Waals surface area contributed by atoms with E-state index in [9.17, 15) is 9.59 Å². The maximum absolute atomic E-state index is 12.5. The average molecular weight is 311 g/mol. The minimum Gasteiger partial charge on any atom is -0.481 e. The van der Waals surface area contributed by atoms with E-state index in [1.54, 1.807) is 18.5 Å². The Morgan fingerprint density at radius 1 is 1.45 bits per heavy atom. The van der Waals surface area contributed by atoms with Crippen LogP contribution in [-0.4, -0.2) is 46.0 Å². The molecule has 0 spiro atoms. The summed E-state index contributed by atoms with van der Waals surface area (Å²) in [6.07, 6.45) is -0.204. The second-order valence-corrected chi connectivity index (χ2v) is 5.98. The van der Waals surface area contributed by atoms with Gasteiger partial charge in [-0.05, 0) is 27.7 Å². The number of nitrogens with zero attached hydrogens (tertiary/aromatic N) is 2. The van der Waals surface area contributed by atoms with Gasteiger partial charge in [0.25, 0.3) is 0 Å². The number of carbonyl (C=O) groups is 2. The van der Waals surface area contributed by atoms with Crippen LogP contribution in [0.25, 0.3) is 0 Å². The topological polar surface area (TPSA) is 93.4 Å². The number of rotatable bonds is 7. The van der Waals surface area contributed by atoms with E-state index < -0.39 is 17.4 Å². The zero-order chi connectivity index (χ0) is 17.1. The number of carboxylic acids is 1. The van der Waals surface area contributed by atoms with E-state index in [0.29, 0.717) is 0 Å². The Hall–Kier alpha value is -1.89. The van der Waals surface area contributed by atoms with Gasteiger partial charge in [-0.1, -0.05) is 0 Å². The second-order valence-electron chi connectivity index (χ2n) is 5.98. The van der Waals surface area contributed by atoms with Crippen molar-refractivity contribution >= 4 is 11.9 Å². The van der Waals surface area contributed by atoms with E-state index in [4.69, 9.17) is 9.84 Å². The van der Waals surface area contributed by atoms with E-state index in [0.717, 1.165) is 17.0 Å². The fourth-order valence-corrected chi connectivity index (χ4v) is 2.74. The van der Waals surface area contributed by atoms with Gasteiger partial charge in [0.1, 0.15) is 0 Å². The molecule has 1 heterocycles. The Morgan fingerprint density at radius 3 is 2.45 bits per heavy atom. The van der Waals surface area contributed by atoms with Crippen LogP contribution in [0.15, 0.2) is 0 Å². The van der Waals surface area contributed by atoms with Gasteiger partial charge in [0.15, 0.2) is 0 Å². The summed E-state index contributed by atoms with van der Waals surface area (Å²) in [7, 11) is 3.31. The molecule has 7 nitrogen and oxygen atoms in total. The van der Waals surface area contributed by atoms with Crippen LogP contribution < -0.4 is 5.32 Å². The first-order chi connectivity index (χ1) is 10.1. The maximum atomic E-state index is 12.5. The quantitative estimate of drug-likeness (QED) is 0.787. The summed E-state index contributed by atoms with van der Waals surface area (Å²) in [5, 5.41) is 16.1. The van der Waals surface area contributed by atoms with Crippen LogP contribution >= 0.6 is 0 Å². The van der Waals surface area contributed by atoms with Gasteiger partial charge >= 0.3 is 5.97 Å². The number of methoxy groups -OCH3 is 1. The zero-order valence-corrected chi connectivity index (χ0v) is 14.1. The molecule has 1 aromatic rings. The van der Waals surface area contributed by atoms with Crippen molar-refractivity contribution in [3.63, 3.8) is 0 Å². The van der Waals surface area contributed by atoms with Gasteiger partial charge in [-0.15, -0.1) is 0 Å². The van der Waals surface area contributed by atoms with Crippen molar-refractivity contribution in [3.05, 3.63) is 17.0 Å². The minimum absolute atomic E-state index is 0.128. The monoisotopic (exact) mass is 311 g/mol. The lowest BCUT2D eigenvalue weighted by molar-refractivity contribution is -0.139. The molecule has 124 valence electrons. The smallest absolute Gasteiger partial charge is 0.305 e. The van der Waals surface area contributed by atoms with Crippen LogP contribution in [0.5, 0.6) is 0 Å². The van der Waals surface area contributed by atoms with Crippen molar-refractivity contribution in [2.75, 3.05) is 13.7 Å². The van der Waals surface area contributed by atoms with Crippen molar-refractivity contribution in [1.82, 2.24) is 15.1 Å². The normalized spacial score (nSPS) is 15.2. The molecule has 7 heteroatoms. The highest BCUT2D eigenvalue weighted by atomic mass is 16.5. The van der Waals surface area contributed by atoms with Crippen LogP contribution in [0.1, 0.15) is 43.1 Å². The number of aromatic nitrogens is 2. The van der Waals surface area contributed by atoms with Crippen LogP contribution in [-0.2, 0) is 21.4 Å². The largest absolute Gasteiger partial charge is 0.481 e. The number of hydrogen-bond acceptors (Lipinski definition) is 4. The predicted octanol–water partition coefficient (Wildman–Crippen LogP) is 1.14. The molecular formula is C15H25N3O4. The van der Waals surface area contributed by atoms with Gasteiger partial charge in [0.05, 0.1) is 30.2 Å². The van der Waals surface area contributed by atoms with E-state index in [1.165, 1.54) is 7.11 Å². The van der Waals surface area contributed by atoms with E-state index in [2.05, 4.69) is 10.4 Å². The molecule has 2 unspecified atom stereocenters. The van der Waals surface area contributed by atoms with Crippen LogP contribution in [0, 0.1) is 13.8 Å². The van der Waals surface area contributed by atoms with Gasteiger partial charge in [-0.2, -0.15) is 5.10 Å². The molecule has 0 bridgehead atoms. The molecule has 0 saturated heterocycles. The lowest BCUT2D eigenvalue weighted by Crippen LogP contribution is -2.52. The zero-order valence-electron chi connectivity index (χ0n) is 14.1. The molecule has 0 aliphatic heterocycles. The molecule has 22 heavy (non-hydrogen) atoms. The number of amides is 1. The van der Waals surface area contributed by atoms with Crippen molar-refractivity contribution in [1.29, 1.82) is 0 Å². The van der Waals surface area contributed by atoms with Gasteiger partial charge in [0.2, 0.25) is 5.91 Å². The first-order valence-electron chi connectivity index (χ1n) is 7.14. The summed E-state index contributed by atoms with van der Waals surface area (Å²) in [6, 6.07) is 0. The van der Waals surface area contributed by atoms with Crippen molar-refractivity contribution < 1.29 is 19.4 Å². The highest BCUT2D eigenvalue weighted by Crippen LogP contribution is 2.24. The minimum atomic E-state index is -0.985. The number of carboxylic acid groups (broad SMARTS) is 1. The van der Waals surface area contributed by atoms with E-state index >= 15 is 0 Å². The molecule has 0 aromatic carbocycles. The van der Waals surface area contributed by atoms with Crippen LogP contribution in [0.2, 0.25) is 0 Å². The Bertz CT molecular complexity index is 567. The molecule has 1 aromatic heterocycles. The number of aliphatic carboxylic acids is 1. The first kappa shape index (κ1) is 18.2. The summed E-state index contributed by atoms with van der Waals surface area (Å²) in [5.41, 5.74) is 1.65. The number of aryl methyl sites for hydroxylation is 2. The second kappa shape index (κ2) is 6.91. The molecule has 1 amide bonds. The number of ether oxygens (including phenoxy) is 1. The Morgan fingerprint density at radius 2 is 2.05 bits per heavy atom. The van der Waals surface area contributed by atoms with Crippen LogP contribution in [0.4, 0.5) is 0 Å². The lowest BCUT2D eigenvalue weighted by atomic mass is 9.94. The summed E-state index contributed by atoms with van der Waals surface area (Å²) in [6.45, 7) is 7.35. The van der Waals surface area contributed by atoms with Gasteiger partial charge < -0.3 is 15.2 Å². The van der Waals surface area contributed by atoms with Gasteiger partial charge in [0, 0.05) is 25.4 Å². The Labute approximate surface area is 130 Å². The third kappa shape index (κ3) is 4.07. The molecule has 0 aliphatic carbocycles. The molecule has 0 radical (unpaired) electrons. The number of hydrogen-bond donors (Lipinski definition) is 2. The average Bonchev–Trinajstić information content (AvgIpc) is 2.61. The lowest BCUT2D eigenvalue weighted by Gasteiger charge is -2.30. The predicted molar refractivity (Wildman–Crippen MR) is 81.8 cm³/mol. The molecule has 0 saturated carbocycles. The third-order valence-electron chi connectivity index (χ3n) is 3.82. The number of carbonyl (C=O) groups excluding carboxylic acids is 1. The Balaban J connectivity index is 2.96. The van der Waals surface area contributed by atoms with E-state index in [-0.39, 0.29) is 18.9 Å². The first-order valence-corrected chi connectivity index (χ1v) is 7.14. The van der Waals surface area contributed by atoms with Crippen molar-refractivity contribution in [3.8, 4) is 0 Å². The molecule has 1 rings (SSSR count). The SMILES string of the molecule is COCC(C)(CC(=O)O)NC(=O)C(C)c1c(C)nn(C)c1C. The third-order valence-corrected chi connectivity index (χ3v) is 3.82. The Kier molecular flexibility index (Phi) is 5.71. The van der Waals surface area contributed by atoms with Gasteiger partial charge in [-0.25, -0.2) is 0 Å².